The second kappa shape index (κ2) is 5.32. The van der Waals surface area contributed by atoms with Gasteiger partial charge in [-0.25, -0.2) is 0 Å². The molecule has 0 unspecified atom stereocenters. The van der Waals surface area contributed by atoms with Crippen LogP contribution in [0, 0.1) is 18.8 Å². The second-order valence-corrected chi connectivity index (χ2v) is 3.96. The van der Waals surface area contributed by atoms with Crippen molar-refractivity contribution in [3.05, 3.63) is 33.8 Å². The zero-order valence-electron chi connectivity index (χ0n) is 7.40. The van der Waals surface area contributed by atoms with Crippen LogP contribution in [-0.4, -0.2) is 5.88 Å². The molecule has 0 saturated heterocycles. The Morgan fingerprint density at radius 1 is 1.46 bits per heavy atom. The molecule has 0 spiro atoms. The topological polar surface area (TPSA) is 0 Å². The van der Waals surface area contributed by atoms with Crippen LogP contribution in [0.15, 0.2) is 22.7 Å². The number of hydrogen-bond donors (Lipinski definition) is 0. The molecule has 0 heterocycles. The number of aryl methyl sites for hydroxylation is 1. The lowest BCUT2D eigenvalue weighted by Gasteiger charge is -1.96. The molecular weight excluding hydrogens is 247 g/mol. The van der Waals surface area contributed by atoms with E-state index in [2.05, 4.69) is 46.8 Å². The molecule has 0 radical (unpaired) electrons. The first-order chi connectivity index (χ1) is 6.24. The zero-order valence-corrected chi connectivity index (χ0v) is 9.74. The Labute approximate surface area is 92.4 Å². The van der Waals surface area contributed by atoms with Crippen LogP contribution in [0.1, 0.15) is 17.5 Å². The molecule has 68 valence electrons. The SMILES string of the molecule is Cc1ccc(C#CCCCl)c(Br)c1. The van der Waals surface area contributed by atoms with Crippen LogP contribution >= 0.6 is 27.5 Å². The maximum Gasteiger partial charge on any atom is 0.0387 e. The Morgan fingerprint density at radius 2 is 2.23 bits per heavy atom. The largest absolute Gasteiger partial charge is 0.126 e. The number of alkyl halides is 1. The summed E-state index contributed by atoms with van der Waals surface area (Å²) in [6, 6.07) is 6.13. The molecule has 1 aromatic carbocycles. The van der Waals surface area contributed by atoms with Gasteiger partial charge in [0.25, 0.3) is 0 Å². The zero-order chi connectivity index (χ0) is 9.68. The number of rotatable bonds is 1. The van der Waals surface area contributed by atoms with E-state index in [1.54, 1.807) is 0 Å². The molecule has 1 aromatic rings. The first-order valence-electron chi connectivity index (χ1n) is 4.05. The molecule has 0 aromatic heterocycles. The Bertz CT molecular complexity index is 347. The summed E-state index contributed by atoms with van der Waals surface area (Å²) in [5.74, 6) is 6.65. The van der Waals surface area contributed by atoms with E-state index in [9.17, 15) is 0 Å². The summed E-state index contributed by atoms with van der Waals surface area (Å²) in [4.78, 5) is 0. The Hall–Kier alpha value is -0.450. The van der Waals surface area contributed by atoms with Crippen molar-refractivity contribution in [1.29, 1.82) is 0 Å². The predicted octanol–water partition coefficient (Wildman–Crippen LogP) is 3.74. The van der Waals surface area contributed by atoms with Crippen LogP contribution in [0.25, 0.3) is 0 Å². The van der Waals surface area contributed by atoms with Crippen molar-refractivity contribution < 1.29 is 0 Å². The molecule has 0 atom stereocenters. The summed E-state index contributed by atoms with van der Waals surface area (Å²) in [5.41, 5.74) is 2.26. The van der Waals surface area contributed by atoms with Gasteiger partial charge in [-0.3, -0.25) is 0 Å². The van der Waals surface area contributed by atoms with Gasteiger partial charge in [0, 0.05) is 22.3 Å². The highest BCUT2D eigenvalue weighted by molar-refractivity contribution is 9.10. The van der Waals surface area contributed by atoms with Gasteiger partial charge in [-0.15, -0.1) is 11.6 Å². The van der Waals surface area contributed by atoms with Crippen molar-refractivity contribution >= 4 is 27.5 Å². The lowest BCUT2D eigenvalue weighted by atomic mass is 10.1. The van der Waals surface area contributed by atoms with Gasteiger partial charge in [-0.05, 0) is 40.5 Å². The van der Waals surface area contributed by atoms with Crippen LogP contribution < -0.4 is 0 Å². The minimum atomic E-state index is 0.594. The maximum absolute atomic E-state index is 5.52. The Balaban J connectivity index is 2.85. The van der Waals surface area contributed by atoms with Gasteiger partial charge in [-0.1, -0.05) is 17.9 Å². The van der Waals surface area contributed by atoms with Gasteiger partial charge >= 0.3 is 0 Å². The van der Waals surface area contributed by atoms with E-state index in [1.807, 2.05) is 6.07 Å². The molecule has 0 aliphatic carbocycles. The van der Waals surface area contributed by atoms with Gasteiger partial charge in [0.1, 0.15) is 0 Å². The third-order valence-electron chi connectivity index (χ3n) is 1.57. The molecule has 13 heavy (non-hydrogen) atoms. The molecule has 0 aliphatic rings. The summed E-state index contributed by atoms with van der Waals surface area (Å²) < 4.78 is 1.05. The van der Waals surface area contributed by atoms with E-state index < -0.39 is 0 Å². The fourth-order valence-corrected chi connectivity index (χ4v) is 1.61. The average molecular weight is 258 g/mol. The Morgan fingerprint density at radius 3 is 2.85 bits per heavy atom. The minimum absolute atomic E-state index is 0.594. The van der Waals surface area contributed by atoms with Crippen molar-refractivity contribution in [2.75, 3.05) is 5.88 Å². The van der Waals surface area contributed by atoms with Crippen LogP contribution in [-0.2, 0) is 0 Å². The third-order valence-corrected chi connectivity index (χ3v) is 2.41. The number of halogens is 2. The average Bonchev–Trinajstić information content (AvgIpc) is 2.09. The van der Waals surface area contributed by atoms with Crippen LogP contribution in [0.5, 0.6) is 0 Å². The fraction of sp³-hybridized carbons (Fsp3) is 0.273. The van der Waals surface area contributed by atoms with Crippen LogP contribution in [0.3, 0.4) is 0 Å². The number of hydrogen-bond acceptors (Lipinski definition) is 0. The standard InChI is InChI=1S/C11H10BrCl/c1-9-5-6-10(11(12)8-9)4-2-3-7-13/h5-6,8H,3,7H2,1H3. The van der Waals surface area contributed by atoms with Crippen molar-refractivity contribution in [1.82, 2.24) is 0 Å². The lowest BCUT2D eigenvalue weighted by Crippen LogP contribution is -1.79. The quantitative estimate of drug-likeness (QED) is 0.531. The summed E-state index contributed by atoms with van der Waals surface area (Å²) in [6.07, 6.45) is 0.738. The molecule has 0 amide bonds. The summed E-state index contributed by atoms with van der Waals surface area (Å²) in [6.45, 7) is 2.06. The highest BCUT2D eigenvalue weighted by atomic mass is 79.9. The predicted molar refractivity (Wildman–Crippen MR) is 61.1 cm³/mol. The van der Waals surface area contributed by atoms with Crippen molar-refractivity contribution in [3.63, 3.8) is 0 Å². The van der Waals surface area contributed by atoms with Crippen molar-refractivity contribution in [2.24, 2.45) is 0 Å². The van der Waals surface area contributed by atoms with E-state index in [1.165, 1.54) is 5.56 Å². The van der Waals surface area contributed by atoms with Crippen molar-refractivity contribution in [2.45, 2.75) is 13.3 Å². The van der Waals surface area contributed by atoms with E-state index in [0.29, 0.717) is 5.88 Å². The summed E-state index contributed by atoms with van der Waals surface area (Å²) in [5, 5.41) is 0. The number of benzene rings is 1. The Kier molecular flexibility index (Phi) is 4.35. The fourth-order valence-electron chi connectivity index (χ4n) is 0.926. The van der Waals surface area contributed by atoms with Crippen LogP contribution in [0.4, 0.5) is 0 Å². The molecule has 0 saturated carbocycles. The minimum Gasteiger partial charge on any atom is -0.126 e. The van der Waals surface area contributed by atoms with E-state index in [4.69, 9.17) is 11.6 Å². The monoisotopic (exact) mass is 256 g/mol. The highest BCUT2D eigenvalue weighted by Crippen LogP contribution is 2.16. The maximum atomic E-state index is 5.52. The molecule has 1 rings (SSSR count). The molecular formula is C11H10BrCl. The van der Waals surface area contributed by atoms with E-state index >= 15 is 0 Å². The van der Waals surface area contributed by atoms with Gasteiger partial charge in [0.15, 0.2) is 0 Å². The van der Waals surface area contributed by atoms with Crippen LogP contribution in [0.2, 0.25) is 0 Å². The first kappa shape index (κ1) is 10.6. The smallest absolute Gasteiger partial charge is 0.0387 e. The molecule has 0 bridgehead atoms. The lowest BCUT2D eigenvalue weighted by molar-refractivity contribution is 1.29. The second-order valence-electron chi connectivity index (χ2n) is 2.72. The first-order valence-corrected chi connectivity index (χ1v) is 5.38. The van der Waals surface area contributed by atoms with E-state index in [-0.39, 0.29) is 0 Å². The highest BCUT2D eigenvalue weighted by Gasteiger charge is 1.94. The molecule has 2 heteroatoms. The van der Waals surface area contributed by atoms with E-state index in [0.717, 1.165) is 16.5 Å². The third kappa shape index (κ3) is 3.42. The van der Waals surface area contributed by atoms with Gasteiger partial charge in [0.05, 0.1) is 0 Å². The molecule has 0 aliphatic heterocycles. The normalized spacial score (nSPS) is 9.15. The van der Waals surface area contributed by atoms with Gasteiger partial charge in [-0.2, -0.15) is 0 Å². The van der Waals surface area contributed by atoms with Gasteiger partial charge < -0.3 is 0 Å². The van der Waals surface area contributed by atoms with Gasteiger partial charge in [0.2, 0.25) is 0 Å². The van der Waals surface area contributed by atoms with Crippen molar-refractivity contribution in [3.8, 4) is 11.8 Å². The molecule has 0 N–H and O–H groups in total. The summed E-state index contributed by atoms with van der Waals surface area (Å²) in [7, 11) is 0. The summed E-state index contributed by atoms with van der Waals surface area (Å²) >= 11 is 8.98. The molecule has 0 fully saturated rings. The molecule has 0 nitrogen and oxygen atoms in total.